The van der Waals surface area contributed by atoms with Gasteiger partial charge in [0.2, 0.25) is 0 Å². The van der Waals surface area contributed by atoms with E-state index in [-0.39, 0.29) is 22.4 Å². The first kappa shape index (κ1) is 20.8. The zero-order valence-electron chi connectivity index (χ0n) is 18.2. The largest absolute Gasteiger partial charge is 0.486 e. The lowest BCUT2D eigenvalue weighted by Gasteiger charge is -2.61. The van der Waals surface area contributed by atoms with Crippen molar-refractivity contribution in [2.75, 3.05) is 18.5 Å². The third-order valence-electron chi connectivity index (χ3n) is 7.87. The number of nitrogens with one attached hydrogen (secondary N) is 1. The summed E-state index contributed by atoms with van der Waals surface area (Å²) in [6.07, 6.45) is 7.16. The van der Waals surface area contributed by atoms with E-state index in [4.69, 9.17) is 21.1 Å². The average molecular weight is 472 g/mol. The van der Waals surface area contributed by atoms with Crippen LogP contribution in [0.15, 0.2) is 29.2 Å². The molecule has 7 rings (SSSR count). The molecule has 2 N–H and O–H groups in total. The van der Waals surface area contributed by atoms with Gasteiger partial charge < -0.3 is 19.9 Å². The fourth-order valence-electron chi connectivity index (χ4n) is 7.31. The maximum atomic E-state index is 13.4. The molecule has 1 aliphatic heterocycles. The summed E-state index contributed by atoms with van der Waals surface area (Å²) >= 11 is 6.56. The second kappa shape index (κ2) is 7.38. The second-order valence-electron chi connectivity index (χ2n) is 10.3. The summed E-state index contributed by atoms with van der Waals surface area (Å²) in [5.41, 5.74) is 0.128. The highest BCUT2D eigenvalue weighted by atomic mass is 35.5. The van der Waals surface area contributed by atoms with Gasteiger partial charge in [-0.1, -0.05) is 11.6 Å². The Hall–Kier alpha value is -2.74. The van der Waals surface area contributed by atoms with E-state index in [9.17, 15) is 14.7 Å². The zero-order chi connectivity index (χ0) is 22.8. The molecule has 2 heterocycles. The quantitative estimate of drug-likeness (QED) is 0.674. The molecular weight excluding hydrogens is 446 g/mol. The van der Waals surface area contributed by atoms with E-state index in [1.807, 2.05) is 18.2 Å². The van der Waals surface area contributed by atoms with Gasteiger partial charge in [0.1, 0.15) is 18.2 Å². The number of carbonyl (C=O) groups is 1. The van der Waals surface area contributed by atoms with Crippen LogP contribution in [0.5, 0.6) is 11.5 Å². The van der Waals surface area contributed by atoms with Crippen molar-refractivity contribution < 1.29 is 19.4 Å². The molecule has 4 fully saturated rings. The number of hydrogen-bond donors (Lipinski definition) is 2. The van der Waals surface area contributed by atoms with E-state index in [0.717, 1.165) is 37.8 Å². The zero-order valence-corrected chi connectivity index (χ0v) is 18.9. The van der Waals surface area contributed by atoms with Crippen molar-refractivity contribution in [3.05, 3.63) is 39.8 Å². The fourth-order valence-corrected chi connectivity index (χ4v) is 7.49. The smallest absolute Gasteiger partial charge is 0.303 e. The first-order chi connectivity index (χ1) is 15.8. The van der Waals surface area contributed by atoms with Gasteiger partial charge in [-0.2, -0.15) is 5.10 Å². The number of hydrogen-bond acceptors (Lipinski definition) is 6. The van der Waals surface area contributed by atoms with Crippen LogP contribution < -0.4 is 20.3 Å². The van der Waals surface area contributed by atoms with Crippen LogP contribution in [0, 0.1) is 17.3 Å². The van der Waals surface area contributed by atoms with Gasteiger partial charge in [0.15, 0.2) is 11.5 Å². The van der Waals surface area contributed by atoms with Gasteiger partial charge in [-0.05, 0) is 67.9 Å². The fraction of sp³-hybridized carbons (Fsp3) is 0.542. The number of halogens is 1. The summed E-state index contributed by atoms with van der Waals surface area (Å²) in [6, 6.07) is 5.46. The van der Waals surface area contributed by atoms with Gasteiger partial charge in [-0.15, -0.1) is 0 Å². The van der Waals surface area contributed by atoms with Crippen molar-refractivity contribution in [2.45, 2.75) is 50.5 Å². The first-order valence-corrected chi connectivity index (χ1v) is 11.9. The summed E-state index contributed by atoms with van der Waals surface area (Å²) < 4.78 is 12.8. The number of benzene rings is 1. The highest BCUT2D eigenvalue weighted by molar-refractivity contribution is 6.33. The van der Waals surface area contributed by atoms with E-state index in [2.05, 4.69) is 10.4 Å². The maximum Gasteiger partial charge on any atom is 0.303 e. The Kier molecular flexibility index (Phi) is 4.66. The molecule has 0 radical (unpaired) electrons. The van der Waals surface area contributed by atoms with Gasteiger partial charge in [0.05, 0.1) is 23.8 Å². The topological polar surface area (TPSA) is 103 Å². The molecule has 0 spiro atoms. The summed E-state index contributed by atoms with van der Waals surface area (Å²) in [4.78, 5) is 25.0. The van der Waals surface area contributed by atoms with E-state index in [1.54, 1.807) is 10.9 Å². The maximum absolute atomic E-state index is 13.4. The predicted molar refractivity (Wildman–Crippen MR) is 122 cm³/mol. The molecule has 5 aliphatic rings. The second-order valence-corrected chi connectivity index (χ2v) is 10.7. The minimum absolute atomic E-state index is 0.0860. The monoisotopic (exact) mass is 471 g/mol. The van der Waals surface area contributed by atoms with Crippen LogP contribution in [0.1, 0.15) is 44.9 Å². The molecule has 1 aromatic carbocycles. The van der Waals surface area contributed by atoms with Crippen molar-refractivity contribution in [3.8, 4) is 11.5 Å². The lowest BCUT2D eigenvalue weighted by atomic mass is 9.46. The van der Waals surface area contributed by atoms with E-state index >= 15 is 0 Å². The molecule has 33 heavy (non-hydrogen) atoms. The molecule has 4 saturated carbocycles. The van der Waals surface area contributed by atoms with Crippen LogP contribution in [0.2, 0.25) is 5.02 Å². The van der Waals surface area contributed by atoms with Crippen LogP contribution in [0.4, 0.5) is 11.4 Å². The third-order valence-corrected chi connectivity index (χ3v) is 8.23. The highest BCUT2D eigenvalue weighted by Crippen LogP contribution is 2.65. The van der Waals surface area contributed by atoms with Gasteiger partial charge in [-0.25, -0.2) is 4.68 Å². The molecular formula is C24H26ClN3O5. The molecule has 0 saturated heterocycles. The van der Waals surface area contributed by atoms with Crippen molar-refractivity contribution in [3.63, 3.8) is 0 Å². The lowest BCUT2D eigenvalue weighted by molar-refractivity contribution is -0.151. The summed E-state index contributed by atoms with van der Waals surface area (Å²) in [5, 5.41) is 17.4. The average Bonchev–Trinajstić information content (AvgIpc) is 2.75. The Morgan fingerprint density at radius 3 is 2.64 bits per heavy atom. The SMILES string of the molecule is O=C(O)CC12CC3CC(C1)CC(n1ncc(Nc4ccc5c(c4)OCCO5)c(Cl)c1=O)(C3)C2. The molecule has 4 aliphatic carbocycles. The van der Waals surface area contributed by atoms with Crippen molar-refractivity contribution in [1.82, 2.24) is 9.78 Å². The van der Waals surface area contributed by atoms with Crippen LogP contribution in [0.25, 0.3) is 0 Å². The lowest BCUT2D eigenvalue weighted by Crippen LogP contribution is -2.59. The molecule has 2 aromatic rings. The Labute approximate surface area is 195 Å². The van der Waals surface area contributed by atoms with E-state index in [1.165, 1.54) is 0 Å². The Balaban J connectivity index is 1.32. The number of anilines is 2. The predicted octanol–water partition coefficient (Wildman–Crippen LogP) is 4.18. The van der Waals surface area contributed by atoms with Gasteiger partial charge >= 0.3 is 5.97 Å². The van der Waals surface area contributed by atoms with Crippen molar-refractivity contribution in [2.24, 2.45) is 17.3 Å². The van der Waals surface area contributed by atoms with Crippen LogP contribution >= 0.6 is 11.6 Å². The first-order valence-electron chi connectivity index (χ1n) is 11.5. The molecule has 9 heteroatoms. The number of ether oxygens (including phenoxy) is 2. The summed E-state index contributed by atoms with van der Waals surface area (Å²) in [5.74, 6) is 1.44. The van der Waals surface area contributed by atoms with Crippen molar-refractivity contribution in [1.29, 1.82) is 0 Å². The van der Waals surface area contributed by atoms with E-state index in [0.29, 0.717) is 48.7 Å². The summed E-state index contributed by atoms with van der Waals surface area (Å²) in [6.45, 7) is 1.01. The highest BCUT2D eigenvalue weighted by Gasteiger charge is 2.59. The van der Waals surface area contributed by atoms with Gasteiger partial charge in [-0.3, -0.25) is 9.59 Å². The third kappa shape index (κ3) is 3.46. The molecule has 2 atom stereocenters. The molecule has 0 amide bonds. The van der Waals surface area contributed by atoms with Crippen LogP contribution in [-0.2, 0) is 10.3 Å². The molecule has 2 unspecified atom stereocenters. The van der Waals surface area contributed by atoms with Crippen molar-refractivity contribution >= 4 is 28.9 Å². The molecule has 1 aromatic heterocycles. The number of aromatic nitrogens is 2. The minimum Gasteiger partial charge on any atom is -0.486 e. The standard InChI is InChI=1S/C24H26ClN3O5/c25-21-17(27-16-1-2-18-19(6-16)33-4-3-32-18)12-26-28(22(21)31)24-9-14-5-15(10-24)8-23(7-14,13-24)11-20(29)30/h1-2,6,12,14-15,27H,3-5,7-11,13H2,(H,29,30). The molecule has 4 bridgehead atoms. The van der Waals surface area contributed by atoms with Crippen LogP contribution in [-0.4, -0.2) is 34.1 Å². The van der Waals surface area contributed by atoms with Crippen LogP contribution in [0.3, 0.4) is 0 Å². The number of aliphatic carboxylic acids is 1. The Bertz CT molecular complexity index is 1180. The Morgan fingerprint density at radius 1 is 1.18 bits per heavy atom. The van der Waals surface area contributed by atoms with Gasteiger partial charge in [0, 0.05) is 11.8 Å². The van der Waals surface area contributed by atoms with Gasteiger partial charge in [0.25, 0.3) is 5.56 Å². The number of carboxylic acid groups (broad SMARTS) is 1. The minimum atomic E-state index is -0.760. The molecule has 174 valence electrons. The molecule has 8 nitrogen and oxygen atoms in total. The Morgan fingerprint density at radius 2 is 1.91 bits per heavy atom. The number of rotatable bonds is 5. The number of carboxylic acids is 1. The summed E-state index contributed by atoms with van der Waals surface area (Å²) in [7, 11) is 0. The number of fused-ring (bicyclic) bond motifs is 1. The van der Waals surface area contributed by atoms with E-state index < -0.39 is 11.5 Å². The number of nitrogens with zero attached hydrogens (tertiary/aromatic N) is 2. The normalized spacial score (nSPS) is 31.4.